The predicted molar refractivity (Wildman–Crippen MR) is 110 cm³/mol. The smallest absolute Gasteiger partial charge is 0.318 e. The summed E-state index contributed by atoms with van der Waals surface area (Å²) in [6.45, 7) is 7.49. The molecule has 0 aromatic rings. The number of unbranched alkanes of at least 4 members (excludes halogenated alkanes) is 8. The molecule has 0 aliphatic heterocycles. The molecule has 0 spiro atoms. The van der Waals surface area contributed by atoms with Gasteiger partial charge in [0.15, 0.2) is 0 Å². The second-order valence-corrected chi connectivity index (χ2v) is 7.99. The highest BCUT2D eigenvalue weighted by Gasteiger charge is 2.25. The van der Waals surface area contributed by atoms with Gasteiger partial charge in [-0.05, 0) is 59.3 Å². The van der Waals surface area contributed by atoms with Crippen LogP contribution < -0.4 is 0 Å². The Morgan fingerprint density at radius 3 is 1.88 bits per heavy atom. The largest absolute Gasteiger partial charge is 0.393 e. The van der Waals surface area contributed by atoms with Gasteiger partial charge >= 0.3 is 11.9 Å². The Labute approximate surface area is 161 Å². The molecule has 0 atom stereocenters. The van der Waals surface area contributed by atoms with Crippen LogP contribution in [0.4, 0.5) is 0 Å². The number of hydrogen-bond acceptors (Lipinski definition) is 3. The quantitative estimate of drug-likeness (QED) is 0.145. The molecule has 0 saturated carbocycles. The summed E-state index contributed by atoms with van der Waals surface area (Å²) in [5, 5.41) is 0. The zero-order chi connectivity index (χ0) is 19.7. The van der Waals surface area contributed by atoms with Crippen molar-refractivity contribution in [3.63, 3.8) is 0 Å². The van der Waals surface area contributed by atoms with Crippen LogP contribution in [0.3, 0.4) is 0 Å². The lowest BCUT2D eigenvalue weighted by Gasteiger charge is -2.15. The van der Waals surface area contributed by atoms with E-state index >= 15 is 0 Å². The third-order valence-corrected chi connectivity index (χ3v) is 4.15. The third kappa shape index (κ3) is 16.1. The third-order valence-electron chi connectivity index (χ3n) is 4.15. The topological polar surface area (TPSA) is 43.4 Å². The average molecular weight is 365 g/mol. The first-order valence-corrected chi connectivity index (χ1v) is 10.4. The van der Waals surface area contributed by atoms with Crippen LogP contribution in [0.2, 0.25) is 0 Å². The van der Waals surface area contributed by atoms with E-state index < -0.39 is 17.4 Å². The molecule has 0 aliphatic rings. The molecule has 0 radical (unpaired) electrons. The summed E-state index contributed by atoms with van der Waals surface area (Å²) in [7, 11) is 0. The Morgan fingerprint density at radius 2 is 1.31 bits per heavy atom. The highest BCUT2D eigenvalue weighted by molar-refractivity contribution is 5.88. The van der Waals surface area contributed by atoms with E-state index in [-0.39, 0.29) is 0 Å². The van der Waals surface area contributed by atoms with E-state index in [0.717, 1.165) is 32.1 Å². The minimum Gasteiger partial charge on any atom is -0.393 e. The lowest BCUT2D eigenvalue weighted by atomic mass is 9.97. The second kappa shape index (κ2) is 15.8. The molecule has 0 saturated heterocycles. The van der Waals surface area contributed by atoms with Crippen molar-refractivity contribution in [2.75, 3.05) is 0 Å². The number of hydrogen-bond donors (Lipinski definition) is 0. The van der Waals surface area contributed by atoms with Crippen LogP contribution in [0.1, 0.15) is 105 Å². The lowest BCUT2D eigenvalue weighted by Crippen LogP contribution is -2.25. The summed E-state index contributed by atoms with van der Waals surface area (Å²) in [5.74, 6) is -0.833. The molecular weight excluding hydrogens is 324 g/mol. The van der Waals surface area contributed by atoms with Crippen LogP contribution in [-0.2, 0) is 14.3 Å². The summed E-state index contributed by atoms with van der Waals surface area (Å²) in [6.07, 6.45) is 22.0. The minimum atomic E-state index is -0.617. The summed E-state index contributed by atoms with van der Waals surface area (Å²) in [4.78, 5) is 23.2. The van der Waals surface area contributed by atoms with Crippen molar-refractivity contribution in [3.8, 4) is 0 Å². The number of esters is 2. The molecule has 0 heterocycles. The fraction of sp³-hybridized carbons (Fsp3) is 0.739. The van der Waals surface area contributed by atoms with Crippen molar-refractivity contribution >= 4 is 11.9 Å². The van der Waals surface area contributed by atoms with Gasteiger partial charge in [-0.25, -0.2) is 0 Å². The van der Waals surface area contributed by atoms with Crippen LogP contribution in [-0.4, -0.2) is 11.9 Å². The summed E-state index contributed by atoms with van der Waals surface area (Å²) in [6, 6.07) is 0. The van der Waals surface area contributed by atoms with Crippen molar-refractivity contribution in [2.24, 2.45) is 5.41 Å². The Kier molecular flexibility index (Phi) is 15.0. The first-order valence-electron chi connectivity index (χ1n) is 10.4. The zero-order valence-electron chi connectivity index (χ0n) is 17.5. The van der Waals surface area contributed by atoms with Gasteiger partial charge in [0.1, 0.15) is 0 Å². The molecular formula is C23H40O3. The van der Waals surface area contributed by atoms with Crippen LogP contribution in [0, 0.1) is 5.41 Å². The summed E-state index contributed by atoms with van der Waals surface area (Å²) < 4.78 is 4.84. The van der Waals surface area contributed by atoms with Crippen molar-refractivity contribution in [1.82, 2.24) is 0 Å². The number of rotatable bonds is 14. The van der Waals surface area contributed by atoms with Gasteiger partial charge < -0.3 is 4.74 Å². The Bertz CT molecular complexity index is 427. The fourth-order valence-electron chi connectivity index (χ4n) is 2.39. The SMILES string of the molecule is CCCCCC=CCC=CCCCCCCCC(=O)OC(=O)C(C)(C)C. The molecule has 3 heteroatoms. The Hall–Kier alpha value is -1.38. The van der Waals surface area contributed by atoms with E-state index in [9.17, 15) is 9.59 Å². The first-order chi connectivity index (χ1) is 12.4. The van der Waals surface area contributed by atoms with Gasteiger partial charge in [0.2, 0.25) is 0 Å². The molecule has 0 bridgehead atoms. The average Bonchev–Trinajstić information content (AvgIpc) is 2.57. The molecule has 0 rings (SSSR count). The number of carbonyl (C=O) groups is 2. The summed E-state index contributed by atoms with van der Waals surface area (Å²) in [5.41, 5.74) is -0.617. The number of allylic oxidation sites excluding steroid dienone is 4. The molecule has 0 N–H and O–H groups in total. The van der Waals surface area contributed by atoms with Crippen molar-refractivity contribution in [3.05, 3.63) is 24.3 Å². The zero-order valence-corrected chi connectivity index (χ0v) is 17.5. The molecule has 3 nitrogen and oxygen atoms in total. The van der Waals surface area contributed by atoms with E-state index in [4.69, 9.17) is 4.74 Å². The Morgan fingerprint density at radius 1 is 0.769 bits per heavy atom. The maximum atomic E-state index is 11.6. The van der Waals surface area contributed by atoms with Gasteiger partial charge in [-0.3, -0.25) is 9.59 Å². The van der Waals surface area contributed by atoms with Gasteiger partial charge in [0.05, 0.1) is 5.41 Å². The Balaban J connectivity index is 3.44. The molecule has 150 valence electrons. The molecule has 0 aliphatic carbocycles. The van der Waals surface area contributed by atoms with E-state index in [1.54, 1.807) is 20.8 Å². The predicted octanol–water partition coefficient (Wildman–Crippen LogP) is 6.92. The summed E-state index contributed by atoms with van der Waals surface area (Å²) >= 11 is 0. The fourth-order valence-corrected chi connectivity index (χ4v) is 2.39. The second-order valence-electron chi connectivity index (χ2n) is 7.99. The molecule has 0 aromatic heterocycles. The van der Waals surface area contributed by atoms with Crippen LogP contribution in [0.25, 0.3) is 0 Å². The standard InChI is InChI=1S/C23H40O3/c1-5-6-7-8-9-10-11-12-13-14-15-16-17-18-19-20-21(24)26-22(25)23(2,3)4/h9-10,12-13H,5-8,11,14-20H2,1-4H3. The molecule has 26 heavy (non-hydrogen) atoms. The van der Waals surface area contributed by atoms with Gasteiger partial charge in [-0.15, -0.1) is 0 Å². The first kappa shape index (κ1) is 24.6. The molecule has 0 unspecified atom stereocenters. The van der Waals surface area contributed by atoms with E-state index in [2.05, 4.69) is 31.2 Å². The van der Waals surface area contributed by atoms with Crippen LogP contribution >= 0.6 is 0 Å². The van der Waals surface area contributed by atoms with Crippen LogP contribution in [0.15, 0.2) is 24.3 Å². The monoisotopic (exact) mass is 364 g/mol. The van der Waals surface area contributed by atoms with E-state index in [1.165, 1.54) is 38.5 Å². The van der Waals surface area contributed by atoms with Crippen LogP contribution in [0.5, 0.6) is 0 Å². The highest BCUT2D eigenvalue weighted by atomic mass is 16.6. The molecule has 0 fully saturated rings. The van der Waals surface area contributed by atoms with Gasteiger partial charge in [-0.2, -0.15) is 0 Å². The lowest BCUT2D eigenvalue weighted by molar-refractivity contribution is -0.165. The van der Waals surface area contributed by atoms with E-state index in [1.807, 2.05) is 0 Å². The molecule has 0 aromatic carbocycles. The van der Waals surface area contributed by atoms with Gasteiger partial charge in [0.25, 0.3) is 0 Å². The van der Waals surface area contributed by atoms with Crippen molar-refractivity contribution < 1.29 is 14.3 Å². The number of ether oxygens (including phenoxy) is 1. The van der Waals surface area contributed by atoms with Gasteiger partial charge in [-0.1, -0.05) is 63.3 Å². The van der Waals surface area contributed by atoms with Crippen molar-refractivity contribution in [1.29, 1.82) is 0 Å². The van der Waals surface area contributed by atoms with Gasteiger partial charge in [0, 0.05) is 6.42 Å². The molecule has 0 amide bonds. The number of carbonyl (C=O) groups excluding carboxylic acids is 2. The highest BCUT2D eigenvalue weighted by Crippen LogP contribution is 2.16. The maximum absolute atomic E-state index is 11.6. The van der Waals surface area contributed by atoms with Crippen molar-refractivity contribution in [2.45, 2.75) is 105 Å². The van der Waals surface area contributed by atoms with E-state index in [0.29, 0.717) is 6.42 Å². The normalized spacial score (nSPS) is 12.2. The maximum Gasteiger partial charge on any atom is 0.318 e. The minimum absolute atomic E-state index is 0.340.